The lowest BCUT2D eigenvalue weighted by atomic mass is 10.1. The van der Waals surface area contributed by atoms with E-state index in [1.54, 1.807) is 10.9 Å². The van der Waals surface area contributed by atoms with Gasteiger partial charge in [0.25, 0.3) is 0 Å². The van der Waals surface area contributed by atoms with Crippen LogP contribution in [0.25, 0.3) is 11.0 Å². The highest BCUT2D eigenvalue weighted by Crippen LogP contribution is 2.50. The molecule has 5 rings (SSSR count). The van der Waals surface area contributed by atoms with Gasteiger partial charge in [-0.15, -0.1) is 0 Å². The van der Waals surface area contributed by atoms with Gasteiger partial charge in [-0.25, -0.2) is 4.98 Å². The van der Waals surface area contributed by atoms with E-state index in [9.17, 15) is 13.2 Å². The maximum Gasteiger partial charge on any atom is 0.392 e. The number of ether oxygens (including phenoxy) is 2. The van der Waals surface area contributed by atoms with Crippen LogP contribution in [0.3, 0.4) is 0 Å². The van der Waals surface area contributed by atoms with Gasteiger partial charge in [-0.05, 0) is 31.9 Å². The minimum Gasteiger partial charge on any atom is -0.477 e. The minimum absolute atomic E-state index is 0.0376. The van der Waals surface area contributed by atoms with Gasteiger partial charge in [0, 0.05) is 37.0 Å². The van der Waals surface area contributed by atoms with E-state index in [-0.39, 0.29) is 25.0 Å². The first-order chi connectivity index (χ1) is 15.7. The van der Waals surface area contributed by atoms with Crippen LogP contribution in [0, 0.1) is 25.7 Å². The fourth-order valence-corrected chi connectivity index (χ4v) is 4.12. The topological polar surface area (TPSA) is 78.2 Å². The third-order valence-electron chi connectivity index (χ3n) is 6.31. The number of pyridine rings is 1. The van der Waals surface area contributed by atoms with Crippen LogP contribution in [0.1, 0.15) is 29.3 Å². The number of rotatable bonds is 5. The molecule has 33 heavy (non-hydrogen) atoms. The van der Waals surface area contributed by atoms with Gasteiger partial charge in [0.15, 0.2) is 5.65 Å². The quantitative estimate of drug-likeness (QED) is 0.574. The highest BCUT2D eigenvalue weighted by molar-refractivity contribution is 5.82. The molecule has 4 heterocycles. The third-order valence-corrected chi connectivity index (χ3v) is 6.31. The second-order valence-corrected chi connectivity index (χ2v) is 8.80. The van der Waals surface area contributed by atoms with Gasteiger partial charge in [-0.2, -0.15) is 28.2 Å². The van der Waals surface area contributed by atoms with E-state index in [2.05, 4.69) is 20.1 Å². The first kappa shape index (κ1) is 21.9. The molecule has 0 radical (unpaired) electrons. The van der Waals surface area contributed by atoms with E-state index in [1.165, 1.54) is 0 Å². The molecule has 1 aliphatic heterocycles. The molecule has 0 N–H and O–H groups in total. The van der Waals surface area contributed by atoms with Gasteiger partial charge in [0.1, 0.15) is 6.10 Å². The van der Waals surface area contributed by atoms with E-state index in [1.807, 2.05) is 38.1 Å². The lowest BCUT2D eigenvalue weighted by Crippen LogP contribution is -2.39. The van der Waals surface area contributed by atoms with Crippen molar-refractivity contribution in [3.8, 4) is 5.88 Å². The van der Waals surface area contributed by atoms with Crippen LogP contribution in [-0.2, 0) is 11.8 Å². The van der Waals surface area contributed by atoms with E-state index in [0.29, 0.717) is 36.7 Å². The molecule has 0 amide bonds. The summed E-state index contributed by atoms with van der Waals surface area (Å²) >= 11 is 0. The molecule has 3 aromatic rings. The van der Waals surface area contributed by atoms with Crippen molar-refractivity contribution in [3.05, 3.63) is 35.3 Å². The van der Waals surface area contributed by atoms with Gasteiger partial charge >= 0.3 is 6.18 Å². The van der Waals surface area contributed by atoms with Crippen LogP contribution in [0.2, 0.25) is 0 Å². The summed E-state index contributed by atoms with van der Waals surface area (Å²) < 4.78 is 52.3. The van der Waals surface area contributed by atoms with Crippen LogP contribution in [0.15, 0.2) is 18.5 Å². The lowest BCUT2D eigenvalue weighted by Gasteiger charge is -2.32. The van der Waals surface area contributed by atoms with Crippen molar-refractivity contribution < 1.29 is 22.6 Å². The second kappa shape index (κ2) is 8.12. The monoisotopic (exact) mass is 462 g/mol. The molecule has 0 aromatic carbocycles. The van der Waals surface area contributed by atoms with Gasteiger partial charge in [0.05, 0.1) is 37.3 Å². The molecule has 1 unspecified atom stereocenters. The van der Waals surface area contributed by atoms with Crippen LogP contribution in [0.5, 0.6) is 5.88 Å². The molecule has 1 saturated carbocycles. The Morgan fingerprint density at radius 3 is 2.73 bits per heavy atom. The Bertz CT molecular complexity index is 1180. The molecule has 3 atom stereocenters. The van der Waals surface area contributed by atoms with Crippen LogP contribution in [0.4, 0.5) is 19.1 Å². The van der Waals surface area contributed by atoms with Crippen molar-refractivity contribution in [1.29, 1.82) is 0 Å². The molecule has 2 aliphatic rings. The molecule has 0 bridgehead atoms. The number of aryl methyl sites for hydroxylation is 3. The van der Waals surface area contributed by atoms with Crippen LogP contribution in [-0.4, -0.2) is 57.2 Å². The fourth-order valence-electron chi connectivity index (χ4n) is 4.12. The molecule has 11 heteroatoms. The summed E-state index contributed by atoms with van der Waals surface area (Å²) in [6.45, 7) is 5.34. The lowest BCUT2D eigenvalue weighted by molar-refractivity contribution is -0.151. The molecule has 0 spiro atoms. The number of nitrogens with zero attached hydrogens (tertiary/aromatic N) is 6. The number of halogens is 3. The van der Waals surface area contributed by atoms with E-state index < -0.39 is 18.0 Å². The average molecular weight is 462 g/mol. The maximum atomic E-state index is 12.9. The number of morpholine rings is 1. The summed E-state index contributed by atoms with van der Waals surface area (Å²) in [5.74, 6) is -1.15. The van der Waals surface area contributed by atoms with E-state index >= 15 is 0 Å². The molecule has 176 valence electrons. The Hall–Kier alpha value is -2.95. The van der Waals surface area contributed by atoms with Crippen molar-refractivity contribution in [2.24, 2.45) is 18.9 Å². The van der Waals surface area contributed by atoms with E-state index in [0.717, 1.165) is 16.8 Å². The van der Waals surface area contributed by atoms with Crippen molar-refractivity contribution in [2.45, 2.75) is 32.5 Å². The number of aromatic nitrogens is 5. The molecule has 2 fully saturated rings. The fraction of sp³-hybridized carbons (Fsp3) is 0.545. The average Bonchev–Trinajstić information content (AvgIpc) is 3.45. The zero-order valence-corrected chi connectivity index (χ0v) is 18.6. The zero-order chi connectivity index (χ0) is 23.3. The Morgan fingerprint density at radius 1 is 1.21 bits per heavy atom. The molecule has 1 saturated heterocycles. The number of alkyl halides is 3. The van der Waals surface area contributed by atoms with Crippen molar-refractivity contribution >= 4 is 17.0 Å². The minimum atomic E-state index is -4.18. The van der Waals surface area contributed by atoms with Crippen molar-refractivity contribution in [2.75, 3.05) is 31.2 Å². The molecular formula is C22H25F3N6O2. The molecule has 3 aromatic heterocycles. The number of hydrogen-bond acceptors (Lipinski definition) is 7. The highest BCUT2D eigenvalue weighted by atomic mass is 19.4. The first-order valence-corrected chi connectivity index (χ1v) is 10.9. The Morgan fingerprint density at radius 2 is 2.03 bits per heavy atom. The van der Waals surface area contributed by atoms with Gasteiger partial charge < -0.3 is 14.4 Å². The van der Waals surface area contributed by atoms with Crippen LogP contribution < -0.4 is 9.64 Å². The summed E-state index contributed by atoms with van der Waals surface area (Å²) in [4.78, 5) is 15.8. The smallest absolute Gasteiger partial charge is 0.392 e. The van der Waals surface area contributed by atoms with Crippen molar-refractivity contribution in [3.63, 3.8) is 0 Å². The van der Waals surface area contributed by atoms with Crippen LogP contribution >= 0.6 is 0 Å². The number of hydrogen-bond donors (Lipinski definition) is 0. The molecular weight excluding hydrogens is 437 g/mol. The molecule has 8 nitrogen and oxygen atoms in total. The van der Waals surface area contributed by atoms with Gasteiger partial charge in [0.2, 0.25) is 11.8 Å². The molecule has 1 aliphatic carbocycles. The van der Waals surface area contributed by atoms with Crippen molar-refractivity contribution in [1.82, 2.24) is 24.7 Å². The largest absolute Gasteiger partial charge is 0.477 e. The highest BCUT2D eigenvalue weighted by Gasteiger charge is 2.55. The standard InChI is InChI=1S/C22H25F3N6O2/c1-12-6-16-19(27-13(12)2)28-21(29-20(16)33-11-14-7-17(14)22(23,24)25)31-4-5-32-18(10-31)15-8-26-30(3)9-15/h6,8-9,14,17-18H,4-5,7,10-11H2,1-3H3/t14-,17?,18+/m0/s1. The summed E-state index contributed by atoms with van der Waals surface area (Å²) in [6.07, 6.45) is -0.610. The normalized spacial score (nSPS) is 23.2. The SMILES string of the molecule is Cc1cc2c(OC[C@@H]3CC3C(F)(F)F)nc(N3CCO[C@@H](c4cnn(C)c4)C3)nc2nc1C. The number of fused-ring (bicyclic) bond motifs is 1. The zero-order valence-electron chi connectivity index (χ0n) is 18.6. The first-order valence-electron chi connectivity index (χ1n) is 10.9. The maximum absolute atomic E-state index is 12.9. The number of anilines is 1. The second-order valence-electron chi connectivity index (χ2n) is 8.80. The van der Waals surface area contributed by atoms with Gasteiger partial charge in [-0.3, -0.25) is 4.68 Å². The summed E-state index contributed by atoms with van der Waals surface area (Å²) in [6, 6.07) is 1.88. The Balaban J connectivity index is 1.43. The van der Waals surface area contributed by atoms with E-state index in [4.69, 9.17) is 9.47 Å². The summed E-state index contributed by atoms with van der Waals surface area (Å²) in [5, 5.41) is 4.81. The van der Waals surface area contributed by atoms with Gasteiger partial charge in [-0.1, -0.05) is 0 Å². The predicted molar refractivity (Wildman–Crippen MR) is 114 cm³/mol. The third kappa shape index (κ3) is 4.46. The summed E-state index contributed by atoms with van der Waals surface area (Å²) in [7, 11) is 1.85. The predicted octanol–water partition coefficient (Wildman–Crippen LogP) is 3.53. The summed E-state index contributed by atoms with van der Waals surface area (Å²) in [5.41, 5.74) is 3.18. The Labute approximate surface area is 188 Å². The Kier molecular flexibility index (Phi) is 5.38.